The van der Waals surface area contributed by atoms with E-state index < -0.39 is 5.09 Å². The number of nitrogens with two attached hydrogens (primary N) is 1. The number of ether oxygens (including phenoxy) is 1. The molecule has 4 fully saturated rings. The second-order valence-electron chi connectivity index (χ2n) is 8.02. The van der Waals surface area contributed by atoms with Gasteiger partial charge in [-0.15, -0.1) is 10.1 Å². The first-order valence-electron chi connectivity index (χ1n) is 9.35. The molecule has 0 aliphatic heterocycles. The van der Waals surface area contributed by atoms with E-state index in [2.05, 4.69) is 17.0 Å². The normalized spacial score (nSPS) is 35.6. The molecule has 4 aliphatic rings. The Kier molecular flexibility index (Phi) is 4.31. The fourth-order valence-corrected chi connectivity index (χ4v) is 5.68. The molecule has 25 heavy (non-hydrogen) atoms. The third-order valence-electron chi connectivity index (χ3n) is 6.58. The zero-order chi connectivity index (χ0) is 17.4. The van der Waals surface area contributed by atoms with Crippen molar-refractivity contribution in [2.75, 3.05) is 13.2 Å². The molecule has 0 saturated heterocycles. The molecule has 4 bridgehead atoms. The van der Waals surface area contributed by atoms with Crippen LogP contribution in [0.3, 0.4) is 0 Å². The average molecular weight is 346 g/mol. The highest BCUT2D eigenvalue weighted by atomic mass is 16.9. The molecule has 0 radical (unpaired) electrons. The summed E-state index contributed by atoms with van der Waals surface area (Å²) in [7, 11) is 0. The summed E-state index contributed by atoms with van der Waals surface area (Å²) in [6, 6.07) is 8.16. The first-order chi connectivity index (χ1) is 12.1. The van der Waals surface area contributed by atoms with Crippen molar-refractivity contribution >= 4 is 0 Å². The van der Waals surface area contributed by atoms with E-state index in [0.717, 1.165) is 17.6 Å². The molecule has 0 spiro atoms. The number of hydrogen-bond acceptors (Lipinski definition) is 5. The minimum Gasteiger partial charge on any atom is -0.494 e. The lowest BCUT2D eigenvalue weighted by Crippen LogP contribution is -2.60. The van der Waals surface area contributed by atoms with Crippen LogP contribution in [0.15, 0.2) is 24.3 Å². The smallest absolute Gasteiger partial charge is 0.294 e. The van der Waals surface area contributed by atoms with Gasteiger partial charge in [-0.1, -0.05) is 12.1 Å². The standard InChI is InChI=1S/C19H26N2O4/c20-19(16-8-13-7-14(10-16)11-17(19)9-13)15-3-1-4-18(12-15)24-5-2-6-25-21(22)23/h1,3-4,12-14,16-17H,2,5-11,20H2. The topological polar surface area (TPSA) is 87.6 Å². The van der Waals surface area contributed by atoms with Gasteiger partial charge in [0.25, 0.3) is 5.09 Å². The highest BCUT2D eigenvalue weighted by molar-refractivity contribution is 5.36. The van der Waals surface area contributed by atoms with Crippen LogP contribution in [0.25, 0.3) is 0 Å². The van der Waals surface area contributed by atoms with Crippen molar-refractivity contribution in [1.29, 1.82) is 0 Å². The summed E-state index contributed by atoms with van der Waals surface area (Å²) < 4.78 is 5.76. The molecular formula is C19H26N2O4. The van der Waals surface area contributed by atoms with Crippen LogP contribution < -0.4 is 10.5 Å². The van der Waals surface area contributed by atoms with Gasteiger partial charge in [0.05, 0.1) is 13.2 Å². The van der Waals surface area contributed by atoms with E-state index in [0.29, 0.717) is 24.9 Å². The van der Waals surface area contributed by atoms with Crippen LogP contribution in [0.2, 0.25) is 0 Å². The minimum atomic E-state index is -0.773. The fraction of sp³-hybridized carbons (Fsp3) is 0.684. The van der Waals surface area contributed by atoms with E-state index in [-0.39, 0.29) is 12.1 Å². The Bertz CT molecular complexity index is 620. The second kappa shape index (κ2) is 6.48. The van der Waals surface area contributed by atoms with Gasteiger partial charge in [0.15, 0.2) is 0 Å². The molecule has 136 valence electrons. The van der Waals surface area contributed by atoms with Crippen molar-refractivity contribution in [2.45, 2.75) is 44.1 Å². The van der Waals surface area contributed by atoms with Crippen molar-refractivity contribution in [2.24, 2.45) is 29.4 Å². The summed E-state index contributed by atoms with van der Waals surface area (Å²) in [5.74, 6) is 3.75. The molecule has 0 heterocycles. The molecule has 5 rings (SSSR count). The first kappa shape index (κ1) is 16.6. The maximum Gasteiger partial charge on any atom is 0.294 e. The number of nitrogens with zero attached hydrogens (tertiary/aromatic N) is 1. The average Bonchev–Trinajstić information content (AvgIpc) is 2.58. The van der Waals surface area contributed by atoms with E-state index in [9.17, 15) is 10.1 Å². The van der Waals surface area contributed by atoms with Crippen molar-refractivity contribution in [1.82, 2.24) is 0 Å². The SMILES string of the molecule is NC1(c2cccc(OCCCO[N+](=O)[O-])c2)C2CC3CC(C2)CC1C3. The molecule has 4 saturated carbocycles. The van der Waals surface area contributed by atoms with Gasteiger partial charge in [-0.2, -0.15) is 0 Å². The quantitative estimate of drug-likeness (QED) is 0.465. The van der Waals surface area contributed by atoms with Crippen molar-refractivity contribution in [3.63, 3.8) is 0 Å². The van der Waals surface area contributed by atoms with Crippen LogP contribution in [-0.2, 0) is 10.4 Å². The minimum absolute atomic E-state index is 0.0560. The fourth-order valence-electron chi connectivity index (χ4n) is 5.68. The second-order valence-corrected chi connectivity index (χ2v) is 8.02. The molecule has 1 aromatic carbocycles. The maximum absolute atomic E-state index is 10.1. The van der Waals surface area contributed by atoms with Crippen LogP contribution in [0.4, 0.5) is 0 Å². The Labute approximate surface area is 147 Å². The summed E-state index contributed by atoms with van der Waals surface area (Å²) in [6.45, 7) is 0.451. The summed E-state index contributed by atoms with van der Waals surface area (Å²) in [6.07, 6.45) is 6.98. The van der Waals surface area contributed by atoms with E-state index in [1.807, 2.05) is 12.1 Å². The number of rotatable bonds is 7. The molecule has 0 unspecified atom stereocenters. The zero-order valence-corrected chi connectivity index (χ0v) is 14.4. The predicted octanol–water partition coefficient (Wildman–Crippen LogP) is 3.27. The van der Waals surface area contributed by atoms with Crippen LogP contribution in [0.1, 0.15) is 44.1 Å². The zero-order valence-electron chi connectivity index (χ0n) is 14.4. The molecule has 6 nitrogen and oxygen atoms in total. The monoisotopic (exact) mass is 346 g/mol. The summed E-state index contributed by atoms with van der Waals surface area (Å²) in [5.41, 5.74) is 8.01. The van der Waals surface area contributed by atoms with Crippen molar-refractivity contribution in [3.8, 4) is 5.75 Å². The molecule has 6 heteroatoms. The first-order valence-corrected chi connectivity index (χ1v) is 9.35. The van der Waals surface area contributed by atoms with Crippen LogP contribution >= 0.6 is 0 Å². The van der Waals surface area contributed by atoms with Gasteiger partial charge in [-0.05, 0) is 73.5 Å². The van der Waals surface area contributed by atoms with Gasteiger partial charge in [-0.25, -0.2) is 0 Å². The van der Waals surface area contributed by atoms with E-state index in [1.54, 1.807) is 0 Å². The van der Waals surface area contributed by atoms with Gasteiger partial charge in [0.1, 0.15) is 5.75 Å². The van der Waals surface area contributed by atoms with Crippen LogP contribution in [-0.4, -0.2) is 18.3 Å². The van der Waals surface area contributed by atoms with Gasteiger partial charge in [0.2, 0.25) is 0 Å². The lowest BCUT2D eigenvalue weighted by atomic mass is 9.47. The molecule has 2 N–H and O–H groups in total. The van der Waals surface area contributed by atoms with Gasteiger partial charge >= 0.3 is 0 Å². The third kappa shape index (κ3) is 3.08. The van der Waals surface area contributed by atoms with Crippen molar-refractivity contribution < 1.29 is 14.7 Å². The summed E-state index contributed by atoms with van der Waals surface area (Å²) in [4.78, 5) is 14.4. The number of hydrogen-bond donors (Lipinski definition) is 1. The van der Waals surface area contributed by atoms with E-state index in [1.165, 1.54) is 37.7 Å². The highest BCUT2D eigenvalue weighted by Gasteiger charge is 2.55. The Balaban J connectivity index is 1.43. The summed E-state index contributed by atoms with van der Waals surface area (Å²) in [5, 5.41) is 9.37. The molecular weight excluding hydrogens is 320 g/mol. The Morgan fingerprint density at radius 2 is 1.80 bits per heavy atom. The molecule has 0 atom stereocenters. The van der Waals surface area contributed by atoms with E-state index >= 15 is 0 Å². The van der Waals surface area contributed by atoms with Crippen LogP contribution in [0.5, 0.6) is 5.75 Å². The number of benzene rings is 1. The molecule has 0 aromatic heterocycles. The lowest BCUT2D eigenvalue weighted by molar-refractivity contribution is -0.757. The Hall–Kier alpha value is -1.82. The lowest BCUT2D eigenvalue weighted by Gasteiger charge is -2.60. The van der Waals surface area contributed by atoms with Gasteiger partial charge in [0, 0.05) is 12.0 Å². The van der Waals surface area contributed by atoms with Gasteiger partial charge in [-0.3, -0.25) is 0 Å². The van der Waals surface area contributed by atoms with Gasteiger partial charge < -0.3 is 15.3 Å². The maximum atomic E-state index is 10.1. The third-order valence-corrected chi connectivity index (χ3v) is 6.58. The Morgan fingerprint density at radius 1 is 1.12 bits per heavy atom. The molecule has 4 aliphatic carbocycles. The largest absolute Gasteiger partial charge is 0.494 e. The molecule has 1 aromatic rings. The van der Waals surface area contributed by atoms with Crippen LogP contribution in [0, 0.1) is 33.8 Å². The summed E-state index contributed by atoms with van der Waals surface area (Å²) >= 11 is 0. The predicted molar refractivity (Wildman–Crippen MR) is 92.4 cm³/mol. The van der Waals surface area contributed by atoms with Crippen molar-refractivity contribution in [3.05, 3.63) is 39.9 Å². The Morgan fingerprint density at radius 3 is 2.44 bits per heavy atom. The molecule has 0 amide bonds. The van der Waals surface area contributed by atoms with E-state index in [4.69, 9.17) is 10.5 Å². The highest BCUT2D eigenvalue weighted by Crippen LogP contribution is 2.60.